The lowest BCUT2D eigenvalue weighted by molar-refractivity contribution is 0.0991. The topological polar surface area (TPSA) is 45.8 Å². The Labute approximate surface area is 106 Å². The number of hydrogen-bond donors (Lipinski definition) is 1. The number of H-pyrrole nitrogens is 1. The molecule has 1 N–H and O–H groups in total. The van der Waals surface area contributed by atoms with Gasteiger partial charge in [-0.3, -0.25) is 4.79 Å². The zero-order valence-electron chi connectivity index (χ0n) is 8.21. The minimum absolute atomic E-state index is 0.0487. The fourth-order valence-electron chi connectivity index (χ4n) is 1.36. The van der Waals surface area contributed by atoms with Gasteiger partial charge in [-0.1, -0.05) is 27.5 Å². The van der Waals surface area contributed by atoms with Crippen LogP contribution in [0.4, 0.5) is 0 Å². The molecule has 0 unspecified atom stereocenters. The summed E-state index contributed by atoms with van der Waals surface area (Å²) in [5, 5.41) is 0.450. The SMILES string of the molecule is O=C(Cc1ncc[nH]1)c1ccc(Br)cc1Cl. The fourth-order valence-corrected chi connectivity index (χ4v) is 2.14. The summed E-state index contributed by atoms with van der Waals surface area (Å²) < 4.78 is 0.854. The molecule has 0 bridgehead atoms. The van der Waals surface area contributed by atoms with E-state index in [2.05, 4.69) is 25.9 Å². The average molecular weight is 300 g/mol. The third-order valence-electron chi connectivity index (χ3n) is 2.11. The van der Waals surface area contributed by atoms with Crippen LogP contribution in [0, 0.1) is 0 Å². The first-order valence-corrected chi connectivity index (χ1v) is 5.80. The van der Waals surface area contributed by atoms with Crippen molar-refractivity contribution in [1.29, 1.82) is 0 Å². The summed E-state index contributed by atoms with van der Waals surface area (Å²) in [6, 6.07) is 5.20. The highest BCUT2D eigenvalue weighted by Gasteiger charge is 2.12. The van der Waals surface area contributed by atoms with E-state index in [-0.39, 0.29) is 12.2 Å². The molecular weight excluding hydrogens is 291 g/mol. The maximum absolute atomic E-state index is 11.9. The van der Waals surface area contributed by atoms with Crippen molar-refractivity contribution in [2.24, 2.45) is 0 Å². The lowest BCUT2D eigenvalue weighted by Gasteiger charge is -2.02. The number of carbonyl (C=O) groups is 1. The second kappa shape index (κ2) is 4.80. The first-order chi connectivity index (χ1) is 7.66. The predicted molar refractivity (Wildman–Crippen MR) is 65.8 cm³/mol. The van der Waals surface area contributed by atoms with E-state index in [0.29, 0.717) is 16.4 Å². The van der Waals surface area contributed by atoms with Crippen LogP contribution < -0.4 is 0 Å². The molecule has 0 amide bonds. The third-order valence-corrected chi connectivity index (χ3v) is 2.92. The highest BCUT2D eigenvalue weighted by Crippen LogP contribution is 2.22. The van der Waals surface area contributed by atoms with Gasteiger partial charge in [0.25, 0.3) is 0 Å². The molecule has 2 aromatic rings. The quantitative estimate of drug-likeness (QED) is 0.884. The van der Waals surface area contributed by atoms with Crippen molar-refractivity contribution in [3.63, 3.8) is 0 Å². The molecule has 0 saturated carbocycles. The zero-order chi connectivity index (χ0) is 11.5. The minimum atomic E-state index is -0.0487. The number of hydrogen-bond acceptors (Lipinski definition) is 2. The van der Waals surface area contributed by atoms with Crippen LogP contribution in [0.3, 0.4) is 0 Å². The molecule has 0 saturated heterocycles. The molecule has 0 aliphatic carbocycles. The van der Waals surface area contributed by atoms with Crippen LogP contribution in [-0.2, 0) is 6.42 Å². The molecule has 82 valence electrons. The van der Waals surface area contributed by atoms with Gasteiger partial charge in [-0.15, -0.1) is 0 Å². The molecule has 0 atom stereocenters. The number of rotatable bonds is 3. The summed E-state index contributed by atoms with van der Waals surface area (Å²) in [5.41, 5.74) is 0.515. The summed E-state index contributed by atoms with van der Waals surface area (Å²) in [4.78, 5) is 18.8. The minimum Gasteiger partial charge on any atom is -0.348 e. The van der Waals surface area contributed by atoms with Gasteiger partial charge in [0.2, 0.25) is 0 Å². The molecule has 0 aliphatic heterocycles. The Morgan fingerprint density at radius 3 is 2.94 bits per heavy atom. The number of aromatic amines is 1. The van der Waals surface area contributed by atoms with Crippen LogP contribution in [0.25, 0.3) is 0 Å². The first-order valence-electron chi connectivity index (χ1n) is 4.63. The number of ketones is 1. The van der Waals surface area contributed by atoms with Crippen LogP contribution >= 0.6 is 27.5 Å². The summed E-state index contributed by atoms with van der Waals surface area (Å²) in [6.45, 7) is 0. The van der Waals surface area contributed by atoms with E-state index in [1.54, 1.807) is 30.6 Å². The predicted octanol–water partition coefficient (Wildman–Crippen LogP) is 3.25. The van der Waals surface area contributed by atoms with E-state index in [4.69, 9.17) is 11.6 Å². The first kappa shape index (κ1) is 11.4. The molecule has 1 heterocycles. The smallest absolute Gasteiger partial charge is 0.171 e. The molecule has 1 aromatic carbocycles. The van der Waals surface area contributed by atoms with Gasteiger partial charge in [0.05, 0.1) is 11.4 Å². The average Bonchev–Trinajstić information content (AvgIpc) is 2.70. The Morgan fingerprint density at radius 2 is 2.31 bits per heavy atom. The highest BCUT2D eigenvalue weighted by atomic mass is 79.9. The summed E-state index contributed by atoms with van der Waals surface area (Å²) >= 11 is 9.27. The standard InChI is InChI=1S/C11H8BrClN2O/c12-7-1-2-8(9(13)5-7)10(16)6-11-14-3-4-15-11/h1-5H,6H2,(H,14,15). The number of nitrogens with one attached hydrogen (secondary N) is 1. The van der Waals surface area contributed by atoms with Crippen molar-refractivity contribution in [2.75, 3.05) is 0 Å². The Balaban J connectivity index is 2.21. The molecule has 2 rings (SSSR count). The van der Waals surface area contributed by atoms with E-state index in [1.165, 1.54) is 0 Å². The van der Waals surface area contributed by atoms with Crippen molar-refractivity contribution in [3.8, 4) is 0 Å². The number of imidazole rings is 1. The Morgan fingerprint density at radius 1 is 1.50 bits per heavy atom. The van der Waals surface area contributed by atoms with E-state index in [9.17, 15) is 4.79 Å². The second-order valence-electron chi connectivity index (χ2n) is 3.26. The number of carbonyl (C=O) groups excluding carboxylic acids is 1. The number of aromatic nitrogens is 2. The van der Waals surface area contributed by atoms with Gasteiger partial charge in [-0.25, -0.2) is 4.98 Å². The van der Waals surface area contributed by atoms with E-state index in [0.717, 1.165) is 4.47 Å². The number of Topliss-reactive ketones (excluding diaryl/α,β-unsaturated/α-hetero) is 1. The summed E-state index contributed by atoms with van der Waals surface area (Å²) in [5.74, 6) is 0.594. The Kier molecular flexibility index (Phi) is 3.41. The maximum Gasteiger partial charge on any atom is 0.171 e. The molecule has 16 heavy (non-hydrogen) atoms. The largest absolute Gasteiger partial charge is 0.348 e. The monoisotopic (exact) mass is 298 g/mol. The summed E-state index contributed by atoms with van der Waals surface area (Å²) in [6.07, 6.45) is 3.53. The molecule has 0 spiro atoms. The van der Waals surface area contributed by atoms with Gasteiger partial charge in [0.1, 0.15) is 5.82 Å². The van der Waals surface area contributed by atoms with Crippen LogP contribution in [0.2, 0.25) is 5.02 Å². The van der Waals surface area contributed by atoms with Gasteiger partial charge in [0, 0.05) is 22.4 Å². The number of halogens is 2. The van der Waals surface area contributed by atoms with Gasteiger partial charge < -0.3 is 4.98 Å². The molecule has 5 heteroatoms. The highest BCUT2D eigenvalue weighted by molar-refractivity contribution is 9.10. The normalized spacial score (nSPS) is 10.4. The van der Waals surface area contributed by atoms with Crippen LogP contribution in [-0.4, -0.2) is 15.8 Å². The summed E-state index contributed by atoms with van der Waals surface area (Å²) in [7, 11) is 0. The zero-order valence-corrected chi connectivity index (χ0v) is 10.5. The van der Waals surface area contributed by atoms with Crippen LogP contribution in [0.5, 0.6) is 0 Å². The molecular formula is C11H8BrClN2O. The lowest BCUT2D eigenvalue weighted by atomic mass is 10.1. The van der Waals surface area contributed by atoms with Crippen molar-refractivity contribution >= 4 is 33.3 Å². The number of nitrogens with zero attached hydrogens (tertiary/aromatic N) is 1. The molecule has 0 aliphatic rings. The van der Waals surface area contributed by atoms with Gasteiger partial charge in [0.15, 0.2) is 5.78 Å². The van der Waals surface area contributed by atoms with Gasteiger partial charge in [-0.05, 0) is 18.2 Å². The molecule has 0 radical (unpaired) electrons. The molecule has 0 fully saturated rings. The van der Waals surface area contributed by atoms with Crippen molar-refractivity contribution < 1.29 is 4.79 Å². The maximum atomic E-state index is 11.9. The Bertz CT molecular complexity index is 511. The van der Waals surface area contributed by atoms with Gasteiger partial charge >= 0.3 is 0 Å². The van der Waals surface area contributed by atoms with Crippen LogP contribution in [0.15, 0.2) is 35.1 Å². The molecule has 3 nitrogen and oxygen atoms in total. The van der Waals surface area contributed by atoms with E-state index in [1.807, 2.05) is 0 Å². The van der Waals surface area contributed by atoms with E-state index < -0.39 is 0 Å². The van der Waals surface area contributed by atoms with Crippen molar-refractivity contribution in [1.82, 2.24) is 9.97 Å². The van der Waals surface area contributed by atoms with Crippen LogP contribution in [0.1, 0.15) is 16.2 Å². The number of benzene rings is 1. The third kappa shape index (κ3) is 2.51. The molecule has 1 aromatic heterocycles. The van der Waals surface area contributed by atoms with Gasteiger partial charge in [-0.2, -0.15) is 0 Å². The lowest BCUT2D eigenvalue weighted by Crippen LogP contribution is -2.05. The fraction of sp³-hybridized carbons (Fsp3) is 0.0909. The second-order valence-corrected chi connectivity index (χ2v) is 4.58. The Hall–Kier alpha value is -1.13. The van der Waals surface area contributed by atoms with E-state index >= 15 is 0 Å². The van der Waals surface area contributed by atoms with Crippen molar-refractivity contribution in [2.45, 2.75) is 6.42 Å². The van der Waals surface area contributed by atoms with Crippen molar-refractivity contribution in [3.05, 3.63) is 51.5 Å².